The Morgan fingerprint density at radius 3 is 2.48 bits per heavy atom. The number of rotatable bonds is 5. The Labute approximate surface area is 177 Å². The molecule has 0 bridgehead atoms. The summed E-state index contributed by atoms with van der Waals surface area (Å²) in [6, 6.07) is 4.31. The number of carbonyl (C=O) groups is 1. The molecule has 2 aliphatic rings. The van der Waals surface area contributed by atoms with E-state index in [0.717, 1.165) is 6.20 Å². The van der Waals surface area contributed by atoms with Crippen LogP contribution in [0.5, 0.6) is 0 Å². The summed E-state index contributed by atoms with van der Waals surface area (Å²) in [4.78, 5) is 13.5. The van der Waals surface area contributed by atoms with E-state index in [2.05, 4.69) is 10.3 Å². The van der Waals surface area contributed by atoms with Gasteiger partial charge in [-0.1, -0.05) is 11.3 Å². The maximum atomic E-state index is 14.9. The molecule has 3 heterocycles. The standard InChI is InChI=1S/C19H22BF3N4O4/c1-18(2)19(3,4)31-20(30-18)13-6-5-11(7-14(13)21)27-9-12(29-17(27)28)8-26-10-15(16(22)23)24-25-26/h5-7,10,12,16H,8-9H2,1-4H3/t12-/m0/s1. The Hall–Kier alpha value is -2.60. The van der Waals surface area contributed by atoms with Gasteiger partial charge in [0.25, 0.3) is 6.43 Å². The van der Waals surface area contributed by atoms with Gasteiger partial charge in [-0.25, -0.2) is 22.6 Å². The van der Waals surface area contributed by atoms with E-state index in [1.54, 1.807) is 6.07 Å². The van der Waals surface area contributed by atoms with Crippen LogP contribution in [0, 0.1) is 5.82 Å². The minimum atomic E-state index is -2.73. The van der Waals surface area contributed by atoms with Gasteiger partial charge in [0, 0.05) is 5.46 Å². The zero-order valence-electron chi connectivity index (χ0n) is 17.5. The summed E-state index contributed by atoms with van der Waals surface area (Å²) >= 11 is 0. The number of hydrogen-bond acceptors (Lipinski definition) is 6. The van der Waals surface area contributed by atoms with Crippen molar-refractivity contribution in [2.24, 2.45) is 0 Å². The van der Waals surface area contributed by atoms with Crippen LogP contribution in [-0.4, -0.2) is 52.1 Å². The van der Waals surface area contributed by atoms with E-state index in [4.69, 9.17) is 14.0 Å². The molecular formula is C19H22BF3N4O4. The summed E-state index contributed by atoms with van der Waals surface area (Å²) in [5.74, 6) is -0.579. The van der Waals surface area contributed by atoms with Crippen molar-refractivity contribution in [3.05, 3.63) is 35.9 Å². The zero-order chi connectivity index (χ0) is 22.6. The first-order valence-electron chi connectivity index (χ1n) is 9.78. The van der Waals surface area contributed by atoms with Crippen molar-refractivity contribution in [2.75, 3.05) is 11.4 Å². The second kappa shape index (κ2) is 7.52. The summed E-state index contributed by atoms with van der Waals surface area (Å²) in [5.41, 5.74) is -1.15. The lowest BCUT2D eigenvalue weighted by Gasteiger charge is -2.32. The molecule has 1 aromatic heterocycles. The second-order valence-corrected chi connectivity index (χ2v) is 8.58. The van der Waals surface area contributed by atoms with Gasteiger partial charge in [-0.05, 0) is 39.8 Å². The molecule has 0 N–H and O–H groups in total. The van der Waals surface area contributed by atoms with Crippen LogP contribution in [0.2, 0.25) is 0 Å². The third-order valence-corrected chi connectivity index (χ3v) is 5.85. The molecule has 12 heteroatoms. The van der Waals surface area contributed by atoms with E-state index in [0.29, 0.717) is 5.69 Å². The molecule has 0 saturated carbocycles. The average Bonchev–Trinajstić information content (AvgIpc) is 3.32. The van der Waals surface area contributed by atoms with Crippen LogP contribution >= 0.6 is 0 Å². The SMILES string of the molecule is CC1(C)OB(c2ccc(N3C[C@H](Cn4cc(C(F)F)nn4)OC3=O)cc2F)OC1(C)C. The Bertz CT molecular complexity index is 984. The number of alkyl halides is 2. The zero-order valence-corrected chi connectivity index (χ0v) is 17.5. The maximum Gasteiger partial charge on any atom is 0.497 e. The Morgan fingerprint density at radius 2 is 1.90 bits per heavy atom. The van der Waals surface area contributed by atoms with Crippen LogP contribution in [0.15, 0.2) is 24.4 Å². The molecule has 31 heavy (non-hydrogen) atoms. The topological polar surface area (TPSA) is 78.7 Å². The summed E-state index contributed by atoms with van der Waals surface area (Å²) in [7, 11) is -0.867. The van der Waals surface area contributed by atoms with E-state index in [1.807, 2.05) is 27.7 Å². The molecule has 2 aromatic rings. The number of cyclic esters (lactones) is 1. The van der Waals surface area contributed by atoms with E-state index >= 15 is 0 Å². The van der Waals surface area contributed by atoms with Crippen molar-refractivity contribution < 1.29 is 32.0 Å². The van der Waals surface area contributed by atoms with Gasteiger partial charge in [0.2, 0.25) is 0 Å². The van der Waals surface area contributed by atoms with Gasteiger partial charge in [-0.2, -0.15) is 0 Å². The summed E-state index contributed by atoms with van der Waals surface area (Å²) in [6.07, 6.45) is -2.95. The summed E-state index contributed by atoms with van der Waals surface area (Å²) in [6.45, 7) is 7.66. The molecular weight excluding hydrogens is 416 g/mol. The van der Waals surface area contributed by atoms with E-state index in [1.165, 1.54) is 21.7 Å². The second-order valence-electron chi connectivity index (χ2n) is 8.58. The highest BCUT2D eigenvalue weighted by Crippen LogP contribution is 2.37. The van der Waals surface area contributed by atoms with Gasteiger partial charge in [0.05, 0.1) is 36.2 Å². The molecule has 0 radical (unpaired) electrons. The molecule has 166 valence electrons. The molecule has 0 aliphatic carbocycles. The molecule has 8 nitrogen and oxygen atoms in total. The quantitative estimate of drug-likeness (QED) is 0.669. The first-order chi connectivity index (χ1) is 14.5. The largest absolute Gasteiger partial charge is 0.497 e. The number of hydrogen-bond donors (Lipinski definition) is 0. The van der Waals surface area contributed by atoms with E-state index in [-0.39, 0.29) is 18.6 Å². The normalized spacial score (nSPS) is 22.5. The van der Waals surface area contributed by atoms with Crippen molar-refractivity contribution in [1.29, 1.82) is 0 Å². The lowest BCUT2D eigenvalue weighted by Crippen LogP contribution is -2.41. The fourth-order valence-electron chi connectivity index (χ4n) is 3.38. The number of aromatic nitrogens is 3. The number of amides is 1. The highest BCUT2D eigenvalue weighted by atomic mass is 19.3. The Balaban J connectivity index is 1.46. The number of halogens is 3. The van der Waals surface area contributed by atoms with Crippen molar-refractivity contribution >= 4 is 24.4 Å². The lowest BCUT2D eigenvalue weighted by atomic mass is 9.78. The van der Waals surface area contributed by atoms with Gasteiger partial charge >= 0.3 is 13.2 Å². The third kappa shape index (κ3) is 4.01. The summed E-state index contributed by atoms with van der Waals surface area (Å²) < 4.78 is 58.4. The smallest absolute Gasteiger partial charge is 0.442 e. The predicted molar refractivity (Wildman–Crippen MR) is 105 cm³/mol. The first-order valence-corrected chi connectivity index (χ1v) is 9.78. The van der Waals surface area contributed by atoms with Crippen molar-refractivity contribution in [1.82, 2.24) is 15.0 Å². The van der Waals surface area contributed by atoms with Crippen molar-refractivity contribution in [3.8, 4) is 0 Å². The van der Waals surface area contributed by atoms with Crippen molar-refractivity contribution in [3.63, 3.8) is 0 Å². The molecule has 1 aromatic carbocycles. The van der Waals surface area contributed by atoms with Crippen LogP contribution in [0.1, 0.15) is 39.8 Å². The average molecular weight is 438 g/mol. The molecule has 1 amide bonds. The molecule has 1 atom stereocenters. The number of carbonyl (C=O) groups excluding carboxylic acids is 1. The number of anilines is 1. The minimum Gasteiger partial charge on any atom is -0.442 e. The first kappa shape index (κ1) is 21.6. The molecule has 2 saturated heterocycles. The van der Waals surface area contributed by atoms with Crippen LogP contribution in [0.25, 0.3) is 0 Å². The Kier molecular flexibility index (Phi) is 5.25. The maximum absolute atomic E-state index is 14.9. The molecule has 2 fully saturated rings. The Morgan fingerprint density at radius 1 is 1.23 bits per heavy atom. The van der Waals surface area contributed by atoms with Crippen LogP contribution in [-0.2, 0) is 20.6 Å². The molecule has 0 unspecified atom stereocenters. The molecule has 4 rings (SSSR count). The van der Waals surface area contributed by atoms with Crippen LogP contribution in [0.4, 0.5) is 23.7 Å². The van der Waals surface area contributed by atoms with Gasteiger partial charge < -0.3 is 14.0 Å². The van der Waals surface area contributed by atoms with Crippen LogP contribution in [0.3, 0.4) is 0 Å². The molecule has 2 aliphatic heterocycles. The highest BCUT2D eigenvalue weighted by Gasteiger charge is 2.52. The number of nitrogens with zero attached hydrogens (tertiary/aromatic N) is 4. The lowest BCUT2D eigenvalue weighted by molar-refractivity contribution is 0.00578. The van der Waals surface area contributed by atoms with Crippen LogP contribution < -0.4 is 10.4 Å². The third-order valence-electron chi connectivity index (χ3n) is 5.85. The fourth-order valence-corrected chi connectivity index (χ4v) is 3.38. The predicted octanol–water partition coefficient (Wildman–Crippen LogP) is 2.68. The summed E-state index contributed by atoms with van der Waals surface area (Å²) in [5, 5.41) is 6.97. The minimum absolute atomic E-state index is 0.0520. The monoisotopic (exact) mass is 438 g/mol. The van der Waals surface area contributed by atoms with Crippen molar-refractivity contribution in [2.45, 2.75) is 58.0 Å². The molecule has 0 spiro atoms. The van der Waals surface area contributed by atoms with E-state index < -0.39 is 48.5 Å². The number of ether oxygens (including phenoxy) is 1. The number of benzene rings is 1. The van der Waals surface area contributed by atoms with E-state index in [9.17, 15) is 18.0 Å². The van der Waals surface area contributed by atoms with Gasteiger partial charge in [0.15, 0.2) is 0 Å². The highest BCUT2D eigenvalue weighted by molar-refractivity contribution is 6.62. The fraction of sp³-hybridized carbons (Fsp3) is 0.526. The van der Waals surface area contributed by atoms with Gasteiger partial charge in [0.1, 0.15) is 17.6 Å². The van der Waals surface area contributed by atoms with Gasteiger partial charge in [-0.3, -0.25) is 4.90 Å². The van der Waals surface area contributed by atoms with Gasteiger partial charge in [-0.15, -0.1) is 5.10 Å².